The van der Waals surface area contributed by atoms with Crippen LogP contribution in [0, 0.1) is 29.0 Å². The second-order valence-electron chi connectivity index (χ2n) is 7.64. The summed E-state index contributed by atoms with van der Waals surface area (Å²) in [6.07, 6.45) is 0.813. The molecule has 2 aliphatic rings. The zero-order valence-electron chi connectivity index (χ0n) is 15.6. The molecule has 2 fully saturated rings. The van der Waals surface area contributed by atoms with E-state index in [4.69, 9.17) is 5.73 Å². The van der Waals surface area contributed by atoms with Crippen molar-refractivity contribution in [2.24, 2.45) is 17.1 Å². The van der Waals surface area contributed by atoms with Crippen LogP contribution in [0.4, 0.5) is 4.39 Å². The van der Waals surface area contributed by atoms with E-state index in [0.29, 0.717) is 28.1 Å². The Labute approximate surface area is 166 Å². The molecule has 2 N–H and O–H groups in total. The summed E-state index contributed by atoms with van der Waals surface area (Å²) < 4.78 is 15.3. The van der Waals surface area contributed by atoms with Gasteiger partial charge in [-0.25, -0.2) is 9.07 Å². The van der Waals surface area contributed by atoms with Crippen LogP contribution in [0.2, 0.25) is 0 Å². The van der Waals surface area contributed by atoms with Crippen LogP contribution in [0.1, 0.15) is 22.5 Å². The molecular weight excluding hydrogens is 371 g/mol. The highest BCUT2D eigenvalue weighted by atomic mass is 19.1. The van der Waals surface area contributed by atoms with Gasteiger partial charge in [0.05, 0.1) is 11.2 Å². The van der Waals surface area contributed by atoms with Crippen molar-refractivity contribution in [3.8, 4) is 17.5 Å². The normalized spacial score (nSPS) is 22.3. The van der Waals surface area contributed by atoms with Crippen molar-refractivity contribution in [3.05, 3.63) is 59.5 Å². The van der Waals surface area contributed by atoms with Gasteiger partial charge in [-0.2, -0.15) is 5.10 Å². The van der Waals surface area contributed by atoms with Gasteiger partial charge in [0.2, 0.25) is 5.91 Å². The van der Waals surface area contributed by atoms with Crippen LogP contribution >= 0.6 is 0 Å². The average molecular weight is 388 g/mol. The van der Waals surface area contributed by atoms with Crippen molar-refractivity contribution in [2.75, 3.05) is 13.6 Å². The standard InChI is InChI=1S/C22H17FN4O2/c1-26-12-14-11-22(14,21(26)29)8-7-13-3-2-4-16(9-13)27-18-10-15(23)5-6-17(18)19(25-27)20(24)28/h2-6,9-10,14H,11-12H2,1H3,(H2,24,28)/t14?,22-/m0/s1. The van der Waals surface area contributed by atoms with Crippen LogP contribution in [0.3, 0.4) is 0 Å². The second kappa shape index (κ2) is 5.92. The fourth-order valence-electron chi connectivity index (χ4n) is 4.14. The molecule has 1 saturated carbocycles. The molecule has 1 aliphatic carbocycles. The van der Waals surface area contributed by atoms with Gasteiger partial charge in [0.1, 0.15) is 11.2 Å². The monoisotopic (exact) mass is 388 g/mol. The van der Waals surface area contributed by atoms with E-state index in [1.54, 1.807) is 30.1 Å². The molecule has 2 aromatic carbocycles. The first-order chi connectivity index (χ1) is 13.9. The molecule has 0 spiro atoms. The summed E-state index contributed by atoms with van der Waals surface area (Å²) in [5.41, 5.74) is 6.76. The predicted octanol–water partition coefficient (Wildman–Crippen LogP) is 2.09. The fourth-order valence-corrected chi connectivity index (χ4v) is 4.14. The Balaban J connectivity index is 1.57. The lowest BCUT2D eigenvalue weighted by Gasteiger charge is -2.11. The molecule has 1 unspecified atom stereocenters. The summed E-state index contributed by atoms with van der Waals surface area (Å²) in [6, 6.07) is 11.3. The SMILES string of the molecule is CN1CC2C[C@]2(C#Cc2cccc(-n3nc(C(N)=O)c4ccc(F)cc43)c2)C1=O. The summed E-state index contributed by atoms with van der Waals surface area (Å²) in [7, 11) is 1.80. The Kier molecular flexibility index (Phi) is 3.56. The highest BCUT2D eigenvalue weighted by Gasteiger charge is 2.65. The summed E-state index contributed by atoms with van der Waals surface area (Å²) in [5.74, 6) is 5.57. The molecule has 5 rings (SSSR count). The van der Waals surface area contributed by atoms with Crippen molar-refractivity contribution in [3.63, 3.8) is 0 Å². The molecule has 2 atom stereocenters. The number of likely N-dealkylation sites (tertiary alicyclic amines) is 1. The van der Waals surface area contributed by atoms with Gasteiger partial charge >= 0.3 is 0 Å². The highest BCUT2D eigenvalue weighted by molar-refractivity contribution is 6.04. The van der Waals surface area contributed by atoms with Crippen molar-refractivity contribution < 1.29 is 14.0 Å². The van der Waals surface area contributed by atoms with Gasteiger partial charge in [-0.05, 0) is 36.8 Å². The van der Waals surface area contributed by atoms with Crippen LogP contribution in [-0.4, -0.2) is 40.1 Å². The number of fused-ring (bicyclic) bond motifs is 2. The number of carbonyl (C=O) groups excluding carboxylic acids is 2. The molecule has 0 bridgehead atoms. The molecule has 1 saturated heterocycles. The molecule has 6 nitrogen and oxygen atoms in total. The van der Waals surface area contributed by atoms with Crippen molar-refractivity contribution in [2.45, 2.75) is 6.42 Å². The molecule has 2 amide bonds. The number of primary amides is 1. The topological polar surface area (TPSA) is 81.2 Å². The van der Waals surface area contributed by atoms with Gasteiger partial charge in [-0.3, -0.25) is 9.59 Å². The Morgan fingerprint density at radius 3 is 2.86 bits per heavy atom. The van der Waals surface area contributed by atoms with E-state index in [1.165, 1.54) is 22.9 Å². The van der Waals surface area contributed by atoms with Crippen LogP contribution in [0.25, 0.3) is 16.6 Å². The molecule has 1 aromatic heterocycles. The van der Waals surface area contributed by atoms with Gasteiger partial charge in [-0.1, -0.05) is 17.9 Å². The Hall–Kier alpha value is -3.66. The predicted molar refractivity (Wildman–Crippen MR) is 105 cm³/mol. The van der Waals surface area contributed by atoms with Crippen LogP contribution in [0.15, 0.2) is 42.5 Å². The number of carbonyl (C=O) groups is 2. The third-order valence-corrected chi connectivity index (χ3v) is 5.72. The minimum Gasteiger partial charge on any atom is -0.364 e. The quantitative estimate of drug-likeness (QED) is 0.683. The number of halogens is 1. The highest BCUT2D eigenvalue weighted by Crippen LogP contribution is 2.57. The number of amides is 2. The summed E-state index contributed by atoms with van der Waals surface area (Å²) in [5, 5.41) is 4.77. The van der Waals surface area contributed by atoms with E-state index < -0.39 is 17.1 Å². The average Bonchev–Trinajstić information content (AvgIpc) is 3.17. The summed E-state index contributed by atoms with van der Waals surface area (Å²) >= 11 is 0. The molecule has 7 heteroatoms. The largest absolute Gasteiger partial charge is 0.364 e. The number of hydrogen-bond donors (Lipinski definition) is 1. The van der Waals surface area contributed by atoms with E-state index in [-0.39, 0.29) is 11.6 Å². The van der Waals surface area contributed by atoms with E-state index >= 15 is 0 Å². The van der Waals surface area contributed by atoms with Crippen molar-refractivity contribution >= 4 is 22.7 Å². The third kappa shape index (κ3) is 2.60. The number of aromatic nitrogens is 2. The fraction of sp³-hybridized carbons (Fsp3) is 0.227. The lowest BCUT2D eigenvalue weighted by Crippen LogP contribution is -2.27. The lowest BCUT2D eigenvalue weighted by molar-refractivity contribution is -0.130. The van der Waals surface area contributed by atoms with Crippen molar-refractivity contribution in [1.29, 1.82) is 0 Å². The first-order valence-corrected chi connectivity index (χ1v) is 9.26. The number of benzene rings is 2. The maximum atomic E-state index is 13.8. The molecule has 2 heterocycles. The van der Waals surface area contributed by atoms with Crippen LogP contribution in [-0.2, 0) is 4.79 Å². The number of nitrogens with two attached hydrogens (primary N) is 1. The minimum atomic E-state index is -0.681. The van der Waals surface area contributed by atoms with E-state index in [1.807, 2.05) is 6.07 Å². The minimum absolute atomic E-state index is 0.0794. The second-order valence-corrected chi connectivity index (χ2v) is 7.64. The molecule has 3 aromatic rings. The third-order valence-electron chi connectivity index (χ3n) is 5.72. The molecule has 29 heavy (non-hydrogen) atoms. The number of nitrogens with zero attached hydrogens (tertiary/aromatic N) is 3. The zero-order chi connectivity index (χ0) is 20.3. The zero-order valence-corrected chi connectivity index (χ0v) is 15.6. The Morgan fingerprint density at radius 1 is 1.31 bits per heavy atom. The molecule has 1 aliphatic heterocycles. The van der Waals surface area contributed by atoms with Gasteiger partial charge in [0, 0.05) is 36.5 Å². The van der Waals surface area contributed by atoms with Crippen LogP contribution in [0.5, 0.6) is 0 Å². The smallest absolute Gasteiger partial charge is 0.269 e. The van der Waals surface area contributed by atoms with Gasteiger partial charge in [0.25, 0.3) is 5.91 Å². The van der Waals surface area contributed by atoms with Crippen LogP contribution < -0.4 is 5.73 Å². The van der Waals surface area contributed by atoms with E-state index in [9.17, 15) is 14.0 Å². The maximum absolute atomic E-state index is 13.8. The van der Waals surface area contributed by atoms with Crippen molar-refractivity contribution in [1.82, 2.24) is 14.7 Å². The first kappa shape index (κ1) is 17.4. The maximum Gasteiger partial charge on any atom is 0.269 e. The van der Waals surface area contributed by atoms with Gasteiger partial charge in [-0.15, -0.1) is 0 Å². The van der Waals surface area contributed by atoms with E-state index in [0.717, 1.165) is 13.0 Å². The molecular formula is C22H17FN4O2. The first-order valence-electron chi connectivity index (χ1n) is 9.26. The summed E-state index contributed by atoms with van der Waals surface area (Å²) in [4.78, 5) is 25.8. The number of hydrogen-bond acceptors (Lipinski definition) is 3. The van der Waals surface area contributed by atoms with E-state index in [2.05, 4.69) is 16.9 Å². The van der Waals surface area contributed by atoms with Gasteiger partial charge < -0.3 is 10.6 Å². The molecule has 0 radical (unpaired) electrons. The summed E-state index contributed by atoms with van der Waals surface area (Å²) in [6.45, 7) is 0.758. The Morgan fingerprint density at radius 2 is 2.14 bits per heavy atom. The molecule has 144 valence electrons. The van der Waals surface area contributed by atoms with Gasteiger partial charge in [0.15, 0.2) is 5.69 Å². The Bertz CT molecular complexity index is 1270. The number of piperidine rings is 1. The number of rotatable bonds is 2. The lowest BCUT2D eigenvalue weighted by atomic mass is 10.1.